The number of carbonyl (C=O) groups excluding carboxylic acids is 1. The molecule has 0 spiro atoms. The van der Waals surface area contributed by atoms with Crippen molar-refractivity contribution in [2.24, 2.45) is 5.92 Å². The summed E-state index contributed by atoms with van der Waals surface area (Å²) in [6, 6.07) is 17.9. The van der Waals surface area contributed by atoms with Crippen LogP contribution in [0.25, 0.3) is 0 Å². The lowest BCUT2D eigenvalue weighted by Gasteiger charge is -2.24. The molecule has 1 aromatic heterocycles. The Balaban J connectivity index is 1.61. The first-order chi connectivity index (χ1) is 14.0. The minimum Gasteiger partial charge on any atom is -0.486 e. The summed E-state index contributed by atoms with van der Waals surface area (Å²) in [6.45, 7) is 8.00. The SMILES string of the molecule is Cc1cccc(OCc2nc(CN(CC(C)C)C(=O)Cc3ccccc3)cs2)c1. The molecule has 4 nitrogen and oxygen atoms in total. The molecule has 29 heavy (non-hydrogen) atoms. The van der Waals surface area contributed by atoms with Crippen LogP contribution >= 0.6 is 11.3 Å². The Hall–Kier alpha value is -2.66. The second-order valence-corrected chi connectivity index (χ2v) is 8.61. The van der Waals surface area contributed by atoms with Gasteiger partial charge in [-0.25, -0.2) is 4.98 Å². The maximum Gasteiger partial charge on any atom is 0.227 e. The Kier molecular flexibility index (Phi) is 7.42. The van der Waals surface area contributed by atoms with Gasteiger partial charge in [0.15, 0.2) is 0 Å². The number of carbonyl (C=O) groups is 1. The van der Waals surface area contributed by atoms with Crippen molar-refractivity contribution >= 4 is 17.2 Å². The van der Waals surface area contributed by atoms with Gasteiger partial charge >= 0.3 is 0 Å². The van der Waals surface area contributed by atoms with Crippen molar-refractivity contribution in [3.8, 4) is 5.75 Å². The molecule has 0 radical (unpaired) electrons. The van der Waals surface area contributed by atoms with E-state index in [0.717, 1.165) is 28.6 Å². The smallest absolute Gasteiger partial charge is 0.227 e. The maximum absolute atomic E-state index is 12.9. The third kappa shape index (κ3) is 6.71. The van der Waals surface area contributed by atoms with Crippen LogP contribution in [0.15, 0.2) is 60.0 Å². The number of amides is 1. The molecule has 1 amide bonds. The van der Waals surface area contributed by atoms with Crippen molar-refractivity contribution in [2.75, 3.05) is 6.54 Å². The van der Waals surface area contributed by atoms with E-state index < -0.39 is 0 Å². The Bertz CT molecular complexity index is 921. The zero-order valence-electron chi connectivity index (χ0n) is 17.3. The van der Waals surface area contributed by atoms with Crippen molar-refractivity contribution in [1.29, 1.82) is 0 Å². The first-order valence-electron chi connectivity index (χ1n) is 9.94. The van der Waals surface area contributed by atoms with Gasteiger partial charge in [0.25, 0.3) is 0 Å². The summed E-state index contributed by atoms with van der Waals surface area (Å²) < 4.78 is 5.85. The van der Waals surface area contributed by atoms with Crippen molar-refractivity contribution in [3.63, 3.8) is 0 Å². The molecule has 1 heterocycles. The Morgan fingerprint density at radius 1 is 1.14 bits per heavy atom. The number of rotatable bonds is 9. The number of thiazole rings is 1. The van der Waals surface area contributed by atoms with Crippen LogP contribution < -0.4 is 4.74 Å². The fourth-order valence-corrected chi connectivity index (χ4v) is 3.81. The molecule has 0 unspecified atom stereocenters. The predicted octanol–water partition coefficient (Wildman–Crippen LogP) is 5.26. The standard InChI is InChI=1S/C24H28N2O2S/c1-18(2)14-26(24(27)13-20-9-5-4-6-10-20)15-21-17-29-23(25-21)16-28-22-11-7-8-19(3)12-22/h4-12,17-18H,13-16H2,1-3H3. The number of benzene rings is 2. The topological polar surface area (TPSA) is 42.4 Å². The van der Waals surface area contributed by atoms with Gasteiger partial charge in [-0.1, -0.05) is 56.3 Å². The molecule has 2 aromatic carbocycles. The first kappa shape index (κ1) is 21.1. The normalized spacial score (nSPS) is 10.9. The molecule has 3 rings (SSSR count). The summed E-state index contributed by atoms with van der Waals surface area (Å²) in [5, 5.41) is 2.94. The minimum absolute atomic E-state index is 0.135. The fraction of sp³-hybridized carbons (Fsp3) is 0.333. The molecule has 152 valence electrons. The lowest BCUT2D eigenvalue weighted by atomic mass is 10.1. The van der Waals surface area contributed by atoms with Crippen LogP contribution in [0.2, 0.25) is 0 Å². The Morgan fingerprint density at radius 2 is 1.93 bits per heavy atom. The van der Waals surface area contributed by atoms with Gasteiger partial charge in [-0.05, 0) is 36.1 Å². The number of hydrogen-bond donors (Lipinski definition) is 0. The molecular weight excluding hydrogens is 380 g/mol. The number of ether oxygens (including phenoxy) is 1. The van der Waals surface area contributed by atoms with Crippen LogP contribution in [0.4, 0.5) is 0 Å². The molecule has 0 atom stereocenters. The second-order valence-electron chi connectivity index (χ2n) is 7.67. The second kappa shape index (κ2) is 10.2. The van der Waals surface area contributed by atoms with Crippen LogP contribution in [0.3, 0.4) is 0 Å². The van der Waals surface area contributed by atoms with E-state index in [4.69, 9.17) is 4.74 Å². The highest BCUT2D eigenvalue weighted by Crippen LogP contribution is 2.18. The molecule has 0 aliphatic carbocycles. The van der Waals surface area contributed by atoms with E-state index in [0.29, 0.717) is 25.5 Å². The average Bonchev–Trinajstić information content (AvgIpc) is 3.14. The lowest BCUT2D eigenvalue weighted by molar-refractivity contribution is -0.131. The summed E-state index contributed by atoms with van der Waals surface area (Å²) in [5.41, 5.74) is 3.13. The summed E-state index contributed by atoms with van der Waals surface area (Å²) >= 11 is 1.58. The largest absolute Gasteiger partial charge is 0.486 e. The third-order valence-corrected chi connectivity index (χ3v) is 5.31. The van der Waals surface area contributed by atoms with E-state index in [1.54, 1.807) is 11.3 Å². The molecular formula is C24H28N2O2S. The molecule has 0 N–H and O–H groups in total. The number of nitrogens with zero attached hydrogens (tertiary/aromatic N) is 2. The van der Waals surface area contributed by atoms with E-state index in [-0.39, 0.29) is 5.91 Å². The number of aryl methyl sites for hydroxylation is 1. The van der Waals surface area contributed by atoms with Crippen molar-refractivity contribution in [1.82, 2.24) is 9.88 Å². The van der Waals surface area contributed by atoms with Gasteiger partial charge in [0.1, 0.15) is 17.4 Å². The molecule has 0 fully saturated rings. The van der Waals surface area contributed by atoms with E-state index >= 15 is 0 Å². The van der Waals surface area contributed by atoms with Crippen LogP contribution in [0.1, 0.15) is 35.7 Å². The van der Waals surface area contributed by atoms with Gasteiger partial charge < -0.3 is 9.64 Å². The minimum atomic E-state index is 0.135. The van der Waals surface area contributed by atoms with Crippen LogP contribution in [0, 0.1) is 12.8 Å². The van der Waals surface area contributed by atoms with Gasteiger partial charge in [-0.15, -0.1) is 11.3 Å². The molecule has 0 aliphatic heterocycles. The van der Waals surface area contributed by atoms with Crippen LogP contribution in [-0.4, -0.2) is 22.3 Å². The molecule has 0 saturated heterocycles. The zero-order chi connectivity index (χ0) is 20.6. The summed E-state index contributed by atoms with van der Waals surface area (Å²) in [7, 11) is 0. The van der Waals surface area contributed by atoms with Gasteiger partial charge in [-0.2, -0.15) is 0 Å². The summed E-state index contributed by atoms with van der Waals surface area (Å²) in [4.78, 5) is 19.5. The molecule has 5 heteroatoms. The van der Waals surface area contributed by atoms with Gasteiger partial charge in [0.2, 0.25) is 5.91 Å². The number of aromatic nitrogens is 1. The van der Waals surface area contributed by atoms with Gasteiger partial charge in [-0.3, -0.25) is 4.79 Å². The highest BCUT2D eigenvalue weighted by molar-refractivity contribution is 7.09. The summed E-state index contributed by atoms with van der Waals surface area (Å²) in [6.07, 6.45) is 0.418. The molecule has 0 aliphatic rings. The van der Waals surface area contributed by atoms with E-state index in [1.165, 1.54) is 5.56 Å². The highest BCUT2D eigenvalue weighted by Gasteiger charge is 2.17. The maximum atomic E-state index is 12.9. The predicted molar refractivity (Wildman–Crippen MR) is 118 cm³/mol. The first-order valence-corrected chi connectivity index (χ1v) is 10.8. The average molecular weight is 409 g/mol. The zero-order valence-corrected chi connectivity index (χ0v) is 18.1. The van der Waals surface area contributed by atoms with Crippen LogP contribution in [0.5, 0.6) is 5.75 Å². The Labute approximate surface area is 177 Å². The van der Waals surface area contributed by atoms with Crippen molar-refractivity contribution in [2.45, 2.75) is 40.3 Å². The van der Waals surface area contributed by atoms with Crippen molar-refractivity contribution in [3.05, 3.63) is 81.8 Å². The molecule has 3 aromatic rings. The summed E-state index contributed by atoms with van der Waals surface area (Å²) in [5.74, 6) is 1.38. The van der Waals surface area contributed by atoms with E-state index in [9.17, 15) is 4.79 Å². The fourth-order valence-electron chi connectivity index (χ4n) is 3.11. The van der Waals surface area contributed by atoms with Crippen molar-refractivity contribution < 1.29 is 9.53 Å². The van der Waals surface area contributed by atoms with E-state index in [2.05, 4.69) is 18.8 Å². The molecule has 0 bridgehead atoms. The van der Waals surface area contributed by atoms with Crippen LogP contribution in [-0.2, 0) is 24.4 Å². The van der Waals surface area contributed by atoms with E-state index in [1.807, 2.05) is 71.8 Å². The van der Waals surface area contributed by atoms with Gasteiger partial charge in [0, 0.05) is 11.9 Å². The highest BCUT2D eigenvalue weighted by atomic mass is 32.1. The van der Waals surface area contributed by atoms with Gasteiger partial charge in [0.05, 0.1) is 18.7 Å². The quantitative estimate of drug-likeness (QED) is 0.485. The third-order valence-electron chi connectivity index (χ3n) is 4.44. The number of hydrogen-bond acceptors (Lipinski definition) is 4. The lowest BCUT2D eigenvalue weighted by Crippen LogP contribution is -2.35. The Morgan fingerprint density at radius 3 is 2.66 bits per heavy atom. The molecule has 0 saturated carbocycles. The monoisotopic (exact) mass is 408 g/mol.